The molecule has 1 unspecified atom stereocenters. The second-order valence-corrected chi connectivity index (χ2v) is 7.96. The fraction of sp³-hybridized carbons (Fsp3) is 0.538. The molecule has 0 heterocycles. The predicted octanol–water partition coefficient (Wildman–Crippen LogP) is 2.84. The fourth-order valence-electron chi connectivity index (χ4n) is 2.03. The number of hydrogen-bond acceptors (Lipinski definition) is 3. The maximum Gasteiger partial charge on any atom is 0.182 e. The maximum absolute atomic E-state index is 12.2. The topological polar surface area (TPSA) is 60.2 Å². The van der Waals surface area contributed by atoms with Crippen molar-refractivity contribution in [3.8, 4) is 0 Å². The third kappa shape index (κ3) is 2.78. The number of benzene rings is 1. The van der Waals surface area contributed by atoms with Gasteiger partial charge in [0.1, 0.15) is 0 Å². The van der Waals surface area contributed by atoms with Crippen molar-refractivity contribution in [2.45, 2.75) is 42.2 Å². The molecular weight excluding hydrogens is 314 g/mol. The van der Waals surface area contributed by atoms with Gasteiger partial charge in [-0.2, -0.15) is 0 Å². The van der Waals surface area contributed by atoms with Gasteiger partial charge >= 0.3 is 0 Å². The predicted molar refractivity (Wildman–Crippen MR) is 76.4 cm³/mol. The van der Waals surface area contributed by atoms with Crippen molar-refractivity contribution in [1.29, 1.82) is 0 Å². The average Bonchev–Trinajstić information content (AvgIpc) is 3.12. The van der Waals surface area contributed by atoms with Gasteiger partial charge in [0.2, 0.25) is 0 Å². The van der Waals surface area contributed by atoms with Crippen LogP contribution in [-0.4, -0.2) is 20.2 Å². The Morgan fingerprint density at radius 1 is 1.44 bits per heavy atom. The first-order valence-electron chi connectivity index (χ1n) is 6.20. The molecule has 1 aromatic rings. The van der Waals surface area contributed by atoms with Crippen LogP contribution in [0, 0.1) is 0 Å². The largest absolute Gasteiger partial charge is 0.330 e. The Labute approximate surface area is 117 Å². The Balaban J connectivity index is 2.30. The Morgan fingerprint density at radius 2 is 2.11 bits per heavy atom. The third-order valence-electron chi connectivity index (χ3n) is 3.39. The number of nitrogens with two attached hydrogens (primary N) is 1. The first kappa shape index (κ1) is 14.0. The highest BCUT2D eigenvalue weighted by Gasteiger charge is 2.37. The summed E-state index contributed by atoms with van der Waals surface area (Å²) in [5.74, 6) is 0.351. The lowest BCUT2D eigenvalue weighted by molar-refractivity contribution is 0.594. The minimum atomic E-state index is -3.12. The highest BCUT2D eigenvalue weighted by Crippen LogP contribution is 2.37. The zero-order valence-corrected chi connectivity index (χ0v) is 12.8. The zero-order chi connectivity index (χ0) is 13.3. The van der Waals surface area contributed by atoms with E-state index in [9.17, 15) is 8.42 Å². The molecule has 2 N–H and O–H groups in total. The van der Waals surface area contributed by atoms with Gasteiger partial charge < -0.3 is 5.73 Å². The van der Waals surface area contributed by atoms with E-state index in [1.54, 1.807) is 6.07 Å². The van der Waals surface area contributed by atoms with Crippen LogP contribution in [0.15, 0.2) is 27.6 Å². The lowest BCUT2D eigenvalue weighted by atomic mass is 9.98. The molecule has 100 valence electrons. The number of rotatable bonds is 5. The molecule has 1 fully saturated rings. The van der Waals surface area contributed by atoms with Crippen LogP contribution >= 0.6 is 15.9 Å². The SMILES string of the molecule is CC(CCN)c1ccc(S(=O)(=O)C2CC2)c(Br)c1. The van der Waals surface area contributed by atoms with Gasteiger partial charge in [0.05, 0.1) is 10.1 Å². The summed E-state index contributed by atoms with van der Waals surface area (Å²) in [6, 6.07) is 5.54. The highest BCUT2D eigenvalue weighted by molar-refractivity contribution is 9.10. The van der Waals surface area contributed by atoms with E-state index in [0.29, 0.717) is 21.8 Å². The van der Waals surface area contributed by atoms with Crippen LogP contribution in [0.5, 0.6) is 0 Å². The standard InChI is InChI=1S/C13H18BrNO2S/c1-9(6-7-15)10-2-5-13(12(14)8-10)18(16,17)11-3-4-11/h2,5,8-9,11H,3-4,6-7,15H2,1H3. The second kappa shape index (κ2) is 5.31. The highest BCUT2D eigenvalue weighted by atomic mass is 79.9. The van der Waals surface area contributed by atoms with Gasteiger partial charge in [-0.3, -0.25) is 0 Å². The van der Waals surface area contributed by atoms with Crippen LogP contribution in [0.3, 0.4) is 0 Å². The molecule has 1 atom stereocenters. The molecule has 3 nitrogen and oxygen atoms in total. The van der Waals surface area contributed by atoms with E-state index in [1.165, 1.54) is 0 Å². The first-order valence-corrected chi connectivity index (χ1v) is 8.54. The lowest BCUT2D eigenvalue weighted by Gasteiger charge is -2.13. The Bertz CT molecular complexity index is 538. The molecular formula is C13H18BrNO2S. The van der Waals surface area contributed by atoms with Gasteiger partial charge in [-0.1, -0.05) is 13.0 Å². The third-order valence-corrected chi connectivity index (χ3v) is 6.63. The maximum atomic E-state index is 12.2. The van der Waals surface area contributed by atoms with E-state index in [4.69, 9.17) is 5.73 Å². The van der Waals surface area contributed by atoms with Gasteiger partial charge in [0.25, 0.3) is 0 Å². The molecule has 1 aliphatic carbocycles. The van der Waals surface area contributed by atoms with Crippen LogP contribution in [-0.2, 0) is 9.84 Å². The zero-order valence-electron chi connectivity index (χ0n) is 10.4. The van der Waals surface area contributed by atoms with Crippen molar-refractivity contribution in [2.75, 3.05) is 6.54 Å². The van der Waals surface area contributed by atoms with Crippen LogP contribution in [0.1, 0.15) is 37.7 Å². The van der Waals surface area contributed by atoms with Gasteiger partial charge in [-0.05, 0) is 65.4 Å². The summed E-state index contributed by atoms with van der Waals surface area (Å²) in [5, 5.41) is -0.166. The smallest absolute Gasteiger partial charge is 0.182 e. The van der Waals surface area contributed by atoms with Gasteiger partial charge in [0.15, 0.2) is 9.84 Å². The molecule has 18 heavy (non-hydrogen) atoms. The normalized spacial score (nSPS) is 17.7. The van der Waals surface area contributed by atoms with Crippen molar-refractivity contribution in [2.24, 2.45) is 5.73 Å². The number of hydrogen-bond donors (Lipinski definition) is 1. The van der Waals surface area contributed by atoms with E-state index < -0.39 is 9.84 Å². The lowest BCUT2D eigenvalue weighted by Crippen LogP contribution is -2.09. The van der Waals surface area contributed by atoms with Crippen LogP contribution in [0.25, 0.3) is 0 Å². The summed E-state index contributed by atoms with van der Waals surface area (Å²) in [5.41, 5.74) is 6.67. The molecule has 0 radical (unpaired) electrons. The summed E-state index contributed by atoms with van der Waals surface area (Å²) >= 11 is 3.39. The van der Waals surface area contributed by atoms with Crippen molar-refractivity contribution < 1.29 is 8.42 Å². The van der Waals surface area contributed by atoms with E-state index in [1.807, 2.05) is 12.1 Å². The summed E-state index contributed by atoms with van der Waals surface area (Å²) in [6.07, 6.45) is 2.49. The monoisotopic (exact) mass is 331 g/mol. The summed E-state index contributed by atoms with van der Waals surface area (Å²) in [4.78, 5) is 0.425. The van der Waals surface area contributed by atoms with Gasteiger partial charge in [-0.25, -0.2) is 8.42 Å². The Hall–Kier alpha value is -0.390. The van der Waals surface area contributed by atoms with E-state index in [2.05, 4.69) is 22.9 Å². The molecule has 0 saturated heterocycles. The summed E-state index contributed by atoms with van der Waals surface area (Å²) in [6.45, 7) is 2.74. The molecule has 0 bridgehead atoms. The molecule has 0 aliphatic heterocycles. The molecule has 1 aromatic carbocycles. The van der Waals surface area contributed by atoms with Crippen LogP contribution in [0.2, 0.25) is 0 Å². The van der Waals surface area contributed by atoms with E-state index >= 15 is 0 Å². The molecule has 0 amide bonds. The Morgan fingerprint density at radius 3 is 2.61 bits per heavy atom. The minimum absolute atomic E-state index is 0.166. The number of sulfone groups is 1. The summed E-state index contributed by atoms with van der Waals surface area (Å²) < 4.78 is 25.0. The molecule has 0 aromatic heterocycles. The quantitative estimate of drug-likeness (QED) is 0.902. The minimum Gasteiger partial charge on any atom is -0.330 e. The first-order chi connectivity index (χ1) is 8.46. The van der Waals surface area contributed by atoms with E-state index in [-0.39, 0.29) is 5.25 Å². The van der Waals surface area contributed by atoms with Crippen molar-refractivity contribution in [3.05, 3.63) is 28.2 Å². The molecule has 1 aliphatic rings. The second-order valence-electron chi connectivity index (χ2n) is 4.91. The van der Waals surface area contributed by atoms with Gasteiger partial charge in [0, 0.05) is 4.47 Å². The van der Waals surface area contributed by atoms with Crippen molar-refractivity contribution >= 4 is 25.8 Å². The Kier molecular flexibility index (Phi) is 4.14. The van der Waals surface area contributed by atoms with Gasteiger partial charge in [-0.15, -0.1) is 0 Å². The van der Waals surface area contributed by atoms with Crippen LogP contribution < -0.4 is 5.73 Å². The average molecular weight is 332 g/mol. The molecule has 5 heteroatoms. The van der Waals surface area contributed by atoms with Crippen molar-refractivity contribution in [3.63, 3.8) is 0 Å². The van der Waals surface area contributed by atoms with Crippen LogP contribution in [0.4, 0.5) is 0 Å². The number of halogens is 1. The van der Waals surface area contributed by atoms with E-state index in [0.717, 1.165) is 24.8 Å². The molecule has 0 spiro atoms. The molecule has 1 saturated carbocycles. The van der Waals surface area contributed by atoms with Crippen molar-refractivity contribution in [1.82, 2.24) is 0 Å². The summed E-state index contributed by atoms with van der Waals surface area (Å²) in [7, 11) is -3.12. The molecule has 2 rings (SSSR count). The fourth-order valence-corrected chi connectivity index (χ4v) is 4.81.